The number of furan rings is 1. The van der Waals surface area contributed by atoms with Crippen LogP contribution in [-0.4, -0.2) is 42.9 Å². The van der Waals surface area contributed by atoms with Crippen LogP contribution in [0.25, 0.3) is 17.4 Å². The summed E-state index contributed by atoms with van der Waals surface area (Å²) in [5, 5.41) is 3.87. The molecule has 38 heavy (non-hydrogen) atoms. The number of nitrogens with zero attached hydrogens (tertiary/aromatic N) is 2. The average molecular weight is 546 g/mol. The van der Waals surface area contributed by atoms with Crippen molar-refractivity contribution in [3.63, 3.8) is 0 Å². The Bertz CT molecular complexity index is 1460. The lowest BCUT2D eigenvalue weighted by atomic mass is 10.2. The fourth-order valence-electron chi connectivity index (χ4n) is 4.26. The van der Waals surface area contributed by atoms with Crippen LogP contribution in [0.4, 0.5) is 11.4 Å². The lowest BCUT2D eigenvalue weighted by molar-refractivity contribution is -0.126. The molecule has 1 fully saturated rings. The number of amides is 2. The van der Waals surface area contributed by atoms with Crippen molar-refractivity contribution in [1.82, 2.24) is 4.90 Å². The lowest BCUT2D eigenvalue weighted by Crippen LogP contribution is -2.48. The molecular weight excluding hydrogens is 521 g/mol. The Morgan fingerprint density at radius 3 is 2.32 bits per heavy atom. The van der Waals surface area contributed by atoms with Crippen LogP contribution in [0.1, 0.15) is 16.1 Å². The maximum Gasteiger partial charge on any atom is 0.291 e. The summed E-state index contributed by atoms with van der Waals surface area (Å²) in [6.07, 6.45) is 3.48. The number of carbonyl (C=O) groups excluding carboxylic acids is 2. The van der Waals surface area contributed by atoms with E-state index < -0.39 is 0 Å². The first-order valence-corrected chi connectivity index (χ1v) is 13.0. The lowest BCUT2D eigenvalue weighted by Gasteiger charge is -2.35. The van der Waals surface area contributed by atoms with Crippen LogP contribution in [0.3, 0.4) is 0 Å². The molecule has 1 N–H and O–H groups in total. The summed E-state index contributed by atoms with van der Waals surface area (Å²) >= 11 is 12.3. The minimum absolute atomic E-state index is 0.0188. The van der Waals surface area contributed by atoms with E-state index in [1.54, 1.807) is 36.4 Å². The van der Waals surface area contributed by atoms with Gasteiger partial charge in [-0.1, -0.05) is 53.5 Å². The molecule has 0 saturated carbocycles. The van der Waals surface area contributed by atoms with Crippen LogP contribution in [-0.2, 0) is 4.79 Å². The van der Waals surface area contributed by atoms with Gasteiger partial charge in [-0.3, -0.25) is 9.59 Å². The molecule has 2 amide bonds. The quantitative estimate of drug-likeness (QED) is 0.268. The SMILES string of the molecule is O=C(Nc1ccc(N2CCN(C(=O)/C=C/c3ccccc3)CC2)cc1)c1ccc(-c2cc(Cl)ccc2Cl)o1. The molecule has 1 saturated heterocycles. The number of hydrogen-bond acceptors (Lipinski definition) is 4. The molecule has 8 heteroatoms. The molecule has 0 radical (unpaired) electrons. The highest BCUT2D eigenvalue weighted by Crippen LogP contribution is 2.32. The van der Waals surface area contributed by atoms with Gasteiger partial charge < -0.3 is 19.5 Å². The summed E-state index contributed by atoms with van der Waals surface area (Å²) < 4.78 is 5.73. The fraction of sp³-hybridized carbons (Fsp3) is 0.133. The van der Waals surface area contributed by atoms with E-state index in [0.29, 0.717) is 40.1 Å². The van der Waals surface area contributed by atoms with E-state index in [0.717, 1.165) is 24.3 Å². The Kier molecular flexibility index (Phi) is 7.82. The summed E-state index contributed by atoms with van der Waals surface area (Å²) in [7, 11) is 0. The molecule has 0 atom stereocenters. The predicted octanol–water partition coefficient (Wildman–Crippen LogP) is 6.87. The largest absolute Gasteiger partial charge is 0.451 e. The summed E-state index contributed by atoms with van der Waals surface area (Å²) in [4.78, 5) is 29.4. The molecule has 1 aliphatic rings. The number of hydrogen-bond donors (Lipinski definition) is 1. The molecule has 5 rings (SSSR count). The van der Waals surface area contributed by atoms with E-state index in [4.69, 9.17) is 27.6 Å². The Morgan fingerprint density at radius 1 is 0.842 bits per heavy atom. The van der Waals surface area contributed by atoms with Gasteiger partial charge in [-0.15, -0.1) is 0 Å². The first kappa shape index (κ1) is 25.6. The van der Waals surface area contributed by atoms with Gasteiger partial charge in [0.05, 0.1) is 5.02 Å². The maximum absolute atomic E-state index is 12.7. The van der Waals surface area contributed by atoms with Crippen LogP contribution in [0.5, 0.6) is 0 Å². The van der Waals surface area contributed by atoms with Gasteiger partial charge in [-0.05, 0) is 66.2 Å². The molecular formula is C30H25Cl2N3O3. The molecule has 0 spiro atoms. The maximum atomic E-state index is 12.7. The van der Waals surface area contributed by atoms with E-state index in [1.165, 1.54) is 0 Å². The number of rotatable bonds is 6. The van der Waals surface area contributed by atoms with Gasteiger partial charge in [0, 0.05) is 54.2 Å². The third kappa shape index (κ3) is 6.10. The number of carbonyl (C=O) groups is 2. The summed E-state index contributed by atoms with van der Waals surface area (Å²) in [5.41, 5.74) is 3.31. The van der Waals surface area contributed by atoms with Crippen LogP contribution in [0, 0.1) is 0 Å². The van der Waals surface area contributed by atoms with Crippen LogP contribution in [0.15, 0.2) is 95.4 Å². The Hall–Kier alpha value is -4.00. The molecule has 1 aliphatic heterocycles. The summed E-state index contributed by atoms with van der Waals surface area (Å²) in [5.74, 6) is 0.288. The third-order valence-corrected chi connectivity index (χ3v) is 6.89. The number of nitrogens with one attached hydrogen (secondary N) is 1. The van der Waals surface area contributed by atoms with E-state index in [-0.39, 0.29) is 17.6 Å². The van der Waals surface area contributed by atoms with Gasteiger partial charge in [-0.25, -0.2) is 0 Å². The van der Waals surface area contributed by atoms with Crippen molar-refractivity contribution in [3.05, 3.63) is 112 Å². The van der Waals surface area contributed by atoms with Gasteiger partial charge in [0.15, 0.2) is 5.76 Å². The molecule has 0 aliphatic carbocycles. The Morgan fingerprint density at radius 2 is 1.58 bits per heavy atom. The second-order valence-corrected chi connectivity index (χ2v) is 9.69. The molecule has 0 unspecified atom stereocenters. The molecule has 6 nitrogen and oxygen atoms in total. The molecule has 3 aromatic carbocycles. The van der Waals surface area contributed by atoms with E-state index in [2.05, 4.69) is 10.2 Å². The number of benzene rings is 3. The van der Waals surface area contributed by atoms with Crippen LogP contribution < -0.4 is 10.2 Å². The molecule has 192 valence electrons. The van der Waals surface area contributed by atoms with Gasteiger partial charge >= 0.3 is 0 Å². The summed E-state index contributed by atoms with van der Waals surface area (Å²) in [6, 6.07) is 25.8. The van der Waals surface area contributed by atoms with Crippen molar-refractivity contribution in [1.29, 1.82) is 0 Å². The highest BCUT2D eigenvalue weighted by molar-refractivity contribution is 6.35. The van der Waals surface area contributed by atoms with Gasteiger partial charge in [0.1, 0.15) is 5.76 Å². The molecule has 1 aromatic heterocycles. The second-order valence-electron chi connectivity index (χ2n) is 8.85. The van der Waals surface area contributed by atoms with E-state index in [9.17, 15) is 9.59 Å². The molecule has 2 heterocycles. The van der Waals surface area contributed by atoms with Crippen molar-refractivity contribution < 1.29 is 14.0 Å². The number of halogens is 2. The second kappa shape index (κ2) is 11.6. The fourth-order valence-corrected chi connectivity index (χ4v) is 4.64. The minimum Gasteiger partial charge on any atom is -0.451 e. The van der Waals surface area contributed by atoms with Crippen molar-refractivity contribution in [2.75, 3.05) is 36.4 Å². The Balaban J connectivity index is 1.15. The van der Waals surface area contributed by atoms with Crippen molar-refractivity contribution in [2.45, 2.75) is 0 Å². The van der Waals surface area contributed by atoms with Crippen molar-refractivity contribution >= 4 is 52.5 Å². The van der Waals surface area contributed by atoms with Gasteiger partial charge in [-0.2, -0.15) is 0 Å². The highest BCUT2D eigenvalue weighted by Gasteiger charge is 2.20. The van der Waals surface area contributed by atoms with E-state index >= 15 is 0 Å². The zero-order valence-electron chi connectivity index (χ0n) is 20.4. The normalized spacial score (nSPS) is 13.6. The predicted molar refractivity (Wildman–Crippen MR) is 153 cm³/mol. The third-order valence-electron chi connectivity index (χ3n) is 6.32. The minimum atomic E-state index is -0.363. The molecule has 4 aromatic rings. The zero-order valence-corrected chi connectivity index (χ0v) is 22.0. The standard InChI is InChI=1S/C30H25Cl2N3O3/c31-22-7-12-26(32)25(20-22)27-13-14-28(38-27)30(37)33-23-8-10-24(11-9-23)34-16-18-35(19-17-34)29(36)15-6-21-4-2-1-3-5-21/h1-15,20H,16-19H2,(H,33,37)/b15-6+. The first-order valence-electron chi connectivity index (χ1n) is 12.2. The summed E-state index contributed by atoms with van der Waals surface area (Å²) in [6.45, 7) is 2.76. The van der Waals surface area contributed by atoms with Crippen molar-refractivity contribution in [3.8, 4) is 11.3 Å². The Labute approximate surface area is 231 Å². The zero-order chi connectivity index (χ0) is 26.5. The van der Waals surface area contributed by atoms with Gasteiger partial charge in [0.2, 0.25) is 5.91 Å². The van der Waals surface area contributed by atoms with Gasteiger partial charge in [0.25, 0.3) is 5.91 Å². The van der Waals surface area contributed by atoms with Crippen LogP contribution >= 0.6 is 23.2 Å². The highest BCUT2D eigenvalue weighted by atomic mass is 35.5. The smallest absolute Gasteiger partial charge is 0.291 e. The average Bonchev–Trinajstić information content (AvgIpc) is 3.45. The van der Waals surface area contributed by atoms with E-state index in [1.807, 2.05) is 65.6 Å². The topological polar surface area (TPSA) is 65.8 Å². The first-order chi connectivity index (χ1) is 18.5. The monoisotopic (exact) mass is 545 g/mol. The molecule has 0 bridgehead atoms. The van der Waals surface area contributed by atoms with Crippen LogP contribution in [0.2, 0.25) is 10.0 Å². The van der Waals surface area contributed by atoms with Crippen molar-refractivity contribution in [2.24, 2.45) is 0 Å². The number of anilines is 2. The number of piperazine rings is 1.